The molecule has 0 saturated heterocycles. The van der Waals surface area contributed by atoms with E-state index in [1.54, 1.807) is 36.4 Å². The predicted molar refractivity (Wildman–Crippen MR) is 114 cm³/mol. The number of esters is 1. The van der Waals surface area contributed by atoms with Crippen molar-refractivity contribution in [2.45, 2.75) is 57.8 Å². The van der Waals surface area contributed by atoms with Crippen LogP contribution in [0.1, 0.15) is 79.3 Å². The Balaban J connectivity index is 1.42. The molecule has 4 heteroatoms. The molecule has 2 aromatic rings. The molecule has 4 unspecified atom stereocenters. The Hall–Kier alpha value is -2.67. The van der Waals surface area contributed by atoms with Gasteiger partial charge in [-0.05, 0) is 97.7 Å². The first-order valence-corrected chi connectivity index (χ1v) is 11.1. The van der Waals surface area contributed by atoms with Gasteiger partial charge in [-0.15, -0.1) is 0 Å². The van der Waals surface area contributed by atoms with Crippen LogP contribution >= 0.6 is 0 Å². The van der Waals surface area contributed by atoms with Crippen LogP contribution < -0.4 is 4.74 Å². The molecular formula is C26H28FNO2. The lowest BCUT2D eigenvalue weighted by Crippen LogP contribution is -2.30. The highest BCUT2D eigenvalue weighted by molar-refractivity contribution is 5.91. The molecule has 2 aromatic carbocycles. The molecule has 0 aromatic heterocycles. The Morgan fingerprint density at radius 3 is 2.50 bits per heavy atom. The maximum atomic E-state index is 14.9. The topological polar surface area (TPSA) is 50.1 Å². The van der Waals surface area contributed by atoms with Gasteiger partial charge in [0.15, 0.2) is 0 Å². The minimum absolute atomic E-state index is 0.206. The van der Waals surface area contributed by atoms with Crippen molar-refractivity contribution in [3.63, 3.8) is 0 Å². The number of hydrogen-bond donors (Lipinski definition) is 0. The Morgan fingerprint density at radius 2 is 1.80 bits per heavy atom. The summed E-state index contributed by atoms with van der Waals surface area (Å²) in [5, 5.41) is 8.84. The zero-order valence-corrected chi connectivity index (χ0v) is 17.4. The Kier molecular flexibility index (Phi) is 6.18. The molecule has 0 spiro atoms. The molecule has 3 nitrogen and oxygen atoms in total. The van der Waals surface area contributed by atoms with Crippen molar-refractivity contribution < 1.29 is 13.9 Å². The van der Waals surface area contributed by atoms with Gasteiger partial charge in [0, 0.05) is 0 Å². The van der Waals surface area contributed by atoms with Crippen LogP contribution in [0.2, 0.25) is 0 Å². The highest BCUT2D eigenvalue weighted by Gasteiger charge is 2.36. The summed E-state index contributed by atoms with van der Waals surface area (Å²) in [6.07, 6.45) is 8.49. The number of benzene rings is 2. The van der Waals surface area contributed by atoms with Gasteiger partial charge in [0.1, 0.15) is 11.6 Å². The number of fused-ring (bicyclic) bond motifs is 1. The van der Waals surface area contributed by atoms with Gasteiger partial charge in [0.2, 0.25) is 0 Å². The number of carbonyl (C=O) groups is 1. The molecule has 30 heavy (non-hydrogen) atoms. The maximum absolute atomic E-state index is 14.9. The summed E-state index contributed by atoms with van der Waals surface area (Å²) in [6, 6.07) is 13.1. The molecule has 4 atom stereocenters. The van der Waals surface area contributed by atoms with Crippen LogP contribution in [0.25, 0.3) is 0 Å². The zero-order valence-electron chi connectivity index (χ0n) is 17.4. The van der Waals surface area contributed by atoms with Crippen molar-refractivity contribution in [1.82, 2.24) is 0 Å². The largest absolute Gasteiger partial charge is 0.423 e. The fourth-order valence-electron chi connectivity index (χ4n) is 5.39. The third kappa shape index (κ3) is 4.41. The molecule has 0 aliphatic heterocycles. The van der Waals surface area contributed by atoms with E-state index >= 15 is 0 Å². The summed E-state index contributed by atoms with van der Waals surface area (Å²) >= 11 is 0. The average molecular weight is 406 g/mol. The molecule has 156 valence electrons. The first kappa shape index (κ1) is 20.6. The van der Waals surface area contributed by atoms with Gasteiger partial charge < -0.3 is 4.74 Å². The number of nitrogens with zero attached hydrogens (tertiary/aromatic N) is 1. The predicted octanol–water partition coefficient (Wildman–Crippen LogP) is 6.63. The van der Waals surface area contributed by atoms with Crippen molar-refractivity contribution >= 4 is 5.97 Å². The molecule has 0 radical (unpaired) electrons. The summed E-state index contributed by atoms with van der Waals surface area (Å²) in [5.74, 6) is 2.08. The number of halogens is 1. The second kappa shape index (κ2) is 9.00. The van der Waals surface area contributed by atoms with E-state index in [1.165, 1.54) is 38.2 Å². The standard InChI is InChI=1S/C26H28FNO2/c1-2-17-3-6-20-14-21(8-7-19(20)13-17)24-12-9-22(15-25(24)27)26(29)30-23-10-4-18(16-28)5-11-23/h4-5,9-12,15,17,19-21H,2-3,6-8,13-14H2,1H3. The van der Waals surface area contributed by atoms with Crippen molar-refractivity contribution in [2.24, 2.45) is 17.8 Å². The molecule has 2 saturated carbocycles. The number of carbonyl (C=O) groups excluding carboxylic acids is 1. The molecule has 2 fully saturated rings. The minimum Gasteiger partial charge on any atom is -0.423 e. The van der Waals surface area contributed by atoms with Gasteiger partial charge in [0.25, 0.3) is 0 Å². The van der Waals surface area contributed by atoms with Crippen molar-refractivity contribution in [1.29, 1.82) is 5.26 Å². The monoisotopic (exact) mass is 405 g/mol. The summed E-state index contributed by atoms with van der Waals surface area (Å²) in [6.45, 7) is 2.29. The highest BCUT2D eigenvalue weighted by Crippen LogP contribution is 2.48. The van der Waals surface area contributed by atoms with Crippen molar-refractivity contribution in [3.05, 3.63) is 65.0 Å². The van der Waals surface area contributed by atoms with E-state index < -0.39 is 5.97 Å². The van der Waals surface area contributed by atoms with Crippen LogP contribution in [0.3, 0.4) is 0 Å². The summed E-state index contributed by atoms with van der Waals surface area (Å²) in [5.41, 5.74) is 1.43. The normalized spacial score (nSPS) is 25.8. The second-order valence-electron chi connectivity index (χ2n) is 8.88. The van der Waals surface area contributed by atoms with Crippen LogP contribution in [0, 0.1) is 34.9 Å². The third-order valence-corrected chi connectivity index (χ3v) is 7.17. The van der Waals surface area contributed by atoms with E-state index in [0.29, 0.717) is 17.2 Å². The SMILES string of the molecule is CCC1CCC2CC(c3ccc(C(=O)Oc4ccc(C#N)cc4)cc3F)CCC2C1. The molecule has 0 N–H and O–H groups in total. The summed E-state index contributed by atoms with van der Waals surface area (Å²) < 4.78 is 20.2. The van der Waals surface area contributed by atoms with Gasteiger partial charge in [-0.1, -0.05) is 25.8 Å². The lowest BCUT2D eigenvalue weighted by molar-refractivity contribution is 0.0734. The van der Waals surface area contributed by atoms with Crippen LogP contribution in [0.15, 0.2) is 42.5 Å². The lowest BCUT2D eigenvalue weighted by Gasteiger charge is -2.42. The fourth-order valence-corrected chi connectivity index (χ4v) is 5.39. The molecule has 4 rings (SSSR count). The maximum Gasteiger partial charge on any atom is 0.343 e. The quantitative estimate of drug-likeness (QED) is 0.424. The van der Waals surface area contributed by atoms with Crippen LogP contribution in [0.4, 0.5) is 4.39 Å². The van der Waals surface area contributed by atoms with E-state index in [2.05, 4.69) is 6.92 Å². The van der Waals surface area contributed by atoms with Crippen LogP contribution in [-0.4, -0.2) is 5.97 Å². The Morgan fingerprint density at radius 1 is 1.07 bits per heavy atom. The third-order valence-electron chi connectivity index (χ3n) is 7.17. The molecule has 0 heterocycles. The van der Waals surface area contributed by atoms with E-state index in [9.17, 15) is 9.18 Å². The highest BCUT2D eigenvalue weighted by atomic mass is 19.1. The Labute approximate surface area is 177 Å². The molecule has 0 amide bonds. The molecule has 0 bridgehead atoms. The van der Waals surface area contributed by atoms with E-state index in [-0.39, 0.29) is 17.3 Å². The molecule has 2 aliphatic rings. The van der Waals surface area contributed by atoms with Gasteiger partial charge in [0.05, 0.1) is 17.2 Å². The van der Waals surface area contributed by atoms with Gasteiger partial charge in [-0.3, -0.25) is 0 Å². The van der Waals surface area contributed by atoms with Gasteiger partial charge in [-0.25, -0.2) is 9.18 Å². The van der Waals surface area contributed by atoms with E-state index in [0.717, 1.165) is 30.2 Å². The fraction of sp³-hybridized carbons (Fsp3) is 0.462. The number of nitriles is 1. The second-order valence-corrected chi connectivity index (χ2v) is 8.88. The molecule has 2 aliphatic carbocycles. The van der Waals surface area contributed by atoms with Crippen LogP contribution in [-0.2, 0) is 0 Å². The summed E-state index contributed by atoms with van der Waals surface area (Å²) in [7, 11) is 0. The van der Waals surface area contributed by atoms with Crippen molar-refractivity contribution in [3.8, 4) is 11.8 Å². The smallest absolute Gasteiger partial charge is 0.343 e. The first-order valence-electron chi connectivity index (χ1n) is 11.1. The van der Waals surface area contributed by atoms with E-state index in [4.69, 9.17) is 10.00 Å². The van der Waals surface area contributed by atoms with Gasteiger partial charge in [-0.2, -0.15) is 5.26 Å². The number of ether oxygens (including phenoxy) is 1. The van der Waals surface area contributed by atoms with E-state index in [1.807, 2.05) is 6.07 Å². The molecular weight excluding hydrogens is 377 g/mol. The first-order chi connectivity index (χ1) is 14.6. The van der Waals surface area contributed by atoms with Gasteiger partial charge >= 0.3 is 5.97 Å². The Bertz CT molecular complexity index is 946. The zero-order chi connectivity index (χ0) is 21.1. The minimum atomic E-state index is -0.591. The lowest BCUT2D eigenvalue weighted by atomic mass is 9.63. The van der Waals surface area contributed by atoms with Crippen molar-refractivity contribution in [2.75, 3.05) is 0 Å². The summed E-state index contributed by atoms with van der Waals surface area (Å²) in [4.78, 5) is 12.4. The average Bonchev–Trinajstić information content (AvgIpc) is 2.78. The number of hydrogen-bond acceptors (Lipinski definition) is 3. The van der Waals surface area contributed by atoms with Crippen LogP contribution in [0.5, 0.6) is 5.75 Å². The number of rotatable bonds is 4.